The molecular weight excluding hydrogens is 376 g/mol. The predicted molar refractivity (Wildman–Crippen MR) is 105 cm³/mol. The number of ketones is 1. The monoisotopic (exact) mass is 404 g/mol. The van der Waals surface area contributed by atoms with Crippen molar-refractivity contribution in [2.24, 2.45) is 11.8 Å². The number of carbonyl (C=O) groups is 4. The minimum absolute atomic E-state index is 0.00734. The number of amides is 1. The highest BCUT2D eigenvalue weighted by Gasteiger charge is 2.48. The van der Waals surface area contributed by atoms with E-state index >= 15 is 0 Å². The van der Waals surface area contributed by atoms with Crippen LogP contribution >= 0.6 is 0 Å². The first-order valence-electron chi connectivity index (χ1n) is 9.74. The van der Waals surface area contributed by atoms with E-state index in [1.165, 1.54) is 11.9 Å². The second-order valence-electron chi connectivity index (χ2n) is 7.26. The Morgan fingerprint density at radius 3 is 2.52 bits per heavy atom. The third-order valence-electron chi connectivity index (χ3n) is 5.15. The van der Waals surface area contributed by atoms with Crippen LogP contribution in [-0.4, -0.2) is 65.9 Å². The van der Waals surface area contributed by atoms with Crippen LogP contribution in [0.1, 0.15) is 25.8 Å². The number of aryl methyl sites for hydroxylation is 1. The van der Waals surface area contributed by atoms with Crippen LogP contribution in [0.2, 0.25) is 0 Å². The first-order chi connectivity index (χ1) is 13.8. The Morgan fingerprint density at radius 2 is 1.93 bits per heavy atom. The second-order valence-corrected chi connectivity index (χ2v) is 7.26. The molecule has 1 saturated heterocycles. The summed E-state index contributed by atoms with van der Waals surface area (Å²) < 4.78 is 5.11. The van der Waals surface area contributed by atoms with Gasteiger partial charge in [0.1, 0.15) is 12.0 Å². The van der Waals surface area contributed by atoms with E-state index in [9.17, 15) is 24.3 Å². The smallest absolute Gasteiger partial charge is 0.323 e. The highest BCUT2D eigenvalue weighted by molar-refractivity contribution is 6.08. The van der Waals surface area contributed by atoms with Crippen molar-refractivity contribution in [1.29, 1.82) is 0 Å². The number of carbonyl (C=O) groups excluding carboxylic acids is 3. The summed E-state index contributed by atoms with van der Waals surface area (Å²) in [5, 5.41) is 12.3. The van der Waals surface area contributed by atoms with Crippen LogP contribution in [0.15, 0.2) is 30.3 Å². The van der Waals surface area contributed by atoms with Crippen LogP contribution in [0.25, 0.3) is 0 Å². The molecule has 8 nitrogen and oxygen atoms in total. The fourth-order valence-corrected chi connectivity index (χ4v) is 3.56. The van der Waals surface area contributed by atoms with E-state index in [0.29, 0.717) is 12.8 Å². The van der Waals surface area contributed by atoms with E-state index in [1.807, 2.05) is 30.3 Å². The summed E-state index contributed by atoms with van der Waals surface area (Å²) in [4.78, 5) is 50.3. The molecule has 29 heavy (non-hydrogen) atoms. The van der Waals surface area contributed by atoms with Crippen molar-refractivity contribution in [2.75, 3.05) is 20.2 Å². The molecule has 0 spiro atoms. The zero-order valence-electron chi connectivity index (χ0n) is 17.0. The highest BCUT2D eigenvalue weighted by Crippen LogP contribution is 2.26. The average molecular weight is 404 g/mol. The van der Waals surface area contributed by atoms with E-state index in [1.54, 1.807) is 13.8 Å². The van der Waals surface area contributed by atoms with Gasteiger partial charge >= 0.3 is 11.9 Å². The molecule has 4 atom stereocenters. The minimum Gasteiger partial charge on any atom is -0.481 e. The maximum Gasteiger partial charge on any atom is 0.323 e. The maximum absolute atomic E-state index is 12.9. The number of carboxylic acid groups (broad SMARTS) is 1. The quantitative estimate of drug-likeness (QED) is 0.440. The molecule has 0 aromatic heterocycles. The number of Topliss-reactive ketones (excluding diaryl/α,β-unsaturated/α-hetero) is 1. The minimum atomic E-state index is -1.25. The molecule has 0 bridgehead atoms. The molecular formula is C21H28N2O6. The zero-order valence-corrected chi connectivity index (χ0v) is 17.0. The summed E-state index contributed by atoms with van der Waals surface area (Å²) in [6, 6.07) is 7.99. The van der Waals surface area contributed by atoms with Gasteiger partial charge in [-0.1, -0.05) is 30.3 Å². The van der Waals surface area contributed by atoms with Crippen molar-refractivity contribution in [1.82, 2.24) is 10.2 Å². The van der Waals surface area contributed by atoms with Crippen molar-refractivity contribution in [2.45, 2.75) is 38.8 Å². The Labute approximate surface area is 170 Å². The number of likely N-dealkylation sites (tertiary alicyclic amines) is 1. The van der Waals surface area contributed by atoms with Crippen molar-refractivity contribution in [3.8, 4) is 0 Å². The molecule has 0 radical (unpaired) electrons. The van der Waals surface area contributed by atoms with E-state index in [4.69, 9.17) is 4.74 Å². The number of aliphatic carboxylic acids is 1. The van der Waals surface area contributed by atoms with Crippen LogP contribution in [-0.2, 0) is 30.3 Å². The molecule has 0 aliphatic carbocycles. The van der Waals surface area contributed by atoms with Gasteiger partial charge in [-0.25, -0.2) is 0 Å². The molecule has 0 saturated carbocycles. The lowest BCUT2D eigenvalue weighted by molar-refractivity contribution is -0.149. The number of esters is 1. The third kappa shape index (κ3) is 5.63. The number of carboxylic acids is 1. The number of rotatable bonds is 10. The molecule has 1 amide bonds. The summed E-state index contributed by atoms with van der Waals surface area (Å²) >= 11 is 0. The van der Waals surface area contributed by atoms with Crippen molar-refractivity contribution in [3.05, 3.63) is 35.9 Å². The van der Waals surface area contributed by atoms with Crippen LogP contribution in [0.5, 0.6) is 0 Å². The first kappa shape index (κ1) is 22.5. The maximum atomic E-state index is 12.9. The average Bonchev–Trinajstić information content (AvgIpc) is 3.00. The molecule has 8 heteroatoms. The standard InChI is InChI=1S/C21H28N2O6/c1-4-29-21(28)16(11-10-14-8-6-5-7-9-14)22-13(2)18(24)17-15(20(26)27)12-23(3)19(17)25/h5-9,13,15-17,22H,4,10-12H2,1-3H3,(H,26,27)/t13-,15+,16-,17?/m0/s1. The Morgan fingerprint density at radius 1 is 1.28 bits per heavy atom. The van der Waals surface area contributed by atoms with Gasteiger partial charge in [-0.2, -0.15) is 0 Å². The number of nitrogens with one attached hydrogen (secondary N) is 1. The van der Waals surface area contributed by atoms with Crippen LogP contribution in [0.4, 0.5) is 0 Å². The predicted octanol–water partition coefficient (Wildman–Crippen LogP) is 0.887. The normalized spacial score (nSPS) is 20.9. The van der Waals surface area contributed by atoms with Gasteiger partial charge in [0, 0.05) is 13.6 Å². The second kappa shape index (κ2) is 10.2. The summed E-state index contributed by atoms with van der Waals surface area (Å²) in [6.45, 7) is 3.44. The molecule has 2 rings (SSSR count). The van der Waals surface area contributed by atoms with Gasteiger partial charge in [0.25, 0.3) is 0 Å². The van der Waals surface area contributed by atoms with Gasteiger partial charge in [0.15, 0.2) is 5.78 Å². The van der Waals surface area contributed by atoms with Gasteiger partial charge in [-0.05, 0) is 32.3 Å². The first-order valence-corrected chi connectivity index (χ1v) is 9.74. The third-order valence-corrected chi connectivity index (χ3v) is 5.15. The molecule has 1 unspecified atom stereocenters. The van der Waals surface area contributed by atoms with E-state index in [0.717, 1.165) is 5.56 Å². The van der Waals surface area contributed by atoms with Gasteiger partial charge in [0.2, 0.25) is 5.91 Å². The van der Waals surface area contributed by atoms with Gasteiger partial charge in [0.05, 0.1) is 18.6 Å². The fraction of sp³-hybridized carbons (Fsp3) is 0.524. The van der Waals surface area contributed by atoms with Crippen LogP contribution in [0, 0.1) is 11.8 Å². The van der Waals surface area contributed by atoms with Crippen LogP contribution < -0.4 is 5.32 Å². The Balaban J connectivity index is 2.09. The number of hydrogen-bond acceptors (Lipinski definition) is 6. The number of ether oxygens (including phenoxy) is 1. The van der Waals surface area contributed by atoms with Crippen molar-refractivity contribution in [3.63, 3.8) is 0 Å². The van der Waals surface area contributed by atoms with Crippen molar-refractivity contribution < 1.29 is 29.0 Å². The summed E-state index contributed by atoms with van der Waals surface area (Å²) in [5.41, 5.74) is 1.04. The van der Waals surface area contributed by atoms with Crippen LogP contribution in [0.3, 0.4) is 0 Å². The Hall–Kier alpha value is -2.74. The zero-order chi connectivity index (χ0) is 21.6. The lowest BCUT2D eigenvalue weighted by atomic mass is 9.88. The number of nitrogens with zero attached hydrogens (tertiary/aromatic N) is 1. The van der Waals surface area contributed by atoms with E-state index in [2.05, 4.69) is 5.32 Å². The topological polar surface area (TPSA) is 113 Å². The van der Waals surface area contributed by atoms with E-state index in [-0.39, 0.29) is 13.2 Å². The summed E-state index contributed by atoms with van der Waals surface area (Å²) in [6.07, 6.45) is 1.00. The highest BCUT2D eigenvalue weighted by atomic mass is 16.5. The number of hydrogen-bond donors (Lipinski definition) is 2. The Bertz CT molecular complexity index is 751. The lowest BCUT2D eigenvalue weighted by Gasteiger charge is -2.23. The van der Waals surface area contributed by atoms with Gasteiger partial charge in [-0.3, -0.25) is 24.5 Å². The molecule has 1 heterocycles. The molecule has 1 aromatic rings. The van der Waals surface area contributed by atoms with Crippen molar-refractivity contribution >= 4 is 23.6 Å². The fourth-order valence-electron chi connectivity index (χ4n) is 3.56. The lowest BCUT2D eigenvalue weighted by Crippen LogP contribution is -2.50. The van der Waals surface area contributed by atoms with E-state index < -0.39 is 47.5 Å². The van der Waals surface area contributed by atoms with Gasteiger partial charge < -0.3 is 14.7 Å². The summed E-state index contributed by atoms with van der Waals surface area (Å²) in [7, 11) is 1.48. The summed E-state index contributed by atoms with van der Waals surface area (Å²) in [5.74, 6) is -5.03. The largest absolute Gasteiger partial charge is 0.481 e. The molecule has 158 valence electrons. The molecule has 1 fully saturated rings. The molecule has 2 N–H and O–H groups in total. The van der Waals surface area contributed by atoms with Gasteiger partial charge in [-0.15, -0.1) is 0 Å². The number of benzene rings is 1. The Kier molecular flexibility index (Phi) is 7.90. The molecule has 1 aromatic carbocycles. The molecule has 1 aliphatic heterocycles. The molecule has 1 aliphatic rings. The SMILES string of the molecule is CCOC(=O)[C@H](CCc1ccccc1)N[C@@H](C)C(=O)C1C(=O)N(C)C[C@H]1C(=O)O.